The molecule has 4 heteroatoms. The van der Waals surface area contributed by atoms with Gasteiger partial charge in [0.05, 0.1) is 7.11 Å². The summed E-state index contributed by atoms with van der Waals surface area (Å²) in [5, 5.41) is 0. The summed E-state index contributed by atoms with van der Waals surface area (Å²) in [6.45, 7) is 1.88. The summed E-state index contributed by atoms with van der Waals surface area (Å²) < 4.78 is 31.8. The lowest BCUT2D eigenvalue weighted by Crippen LogP contribution is -2.41. The lowest BCUT2D eigenvalue weighted by molar-refractivity contribution is 0.385. The molecule has 2 N–H and O–H groups in total. The summed E-state index contributed by atoms with van der Waals surface area (Å²) in [7, 11) is 1.43. The van der Waals surface area contributed by atoms with Crippen LogP contribution in [0.1, 0.15) is 18.1 Å². The highest BCUT2D eigenvalue weighted by molar-refractivity contribution is 5.30. The van der Waals surface area contributed by atoms with E-state index in [1.165, 1.54) is 25.3 Å². The maximum atomic E-state index is 13.7. The summed E-state index contributed by atoms with van der Waals surface area (Å²) >= 11 is 0. The van der Waals surface area contributed by atoms with E-state index in [9.17, 15) is 8.78 Å². The minimum absolute atomic E-state index is 0.211. The van der Waals surface area contributed by atoms with Crippen LogP contribution in [-0.4, -0.2) is 12.6 Å². The fraction of sp³-hybridized carbons (Fsp3) is 0.294. The predicted molar refractivity (Wildman–Crippen MR) is 79.4 cm³/mol. The first-order valence-electron chi connectivity index (χ1n) is 6.75. The van der Waals surface area contributed by atoms with Crippen LogP contribution in [0.15, 0.2) is 42.5 Å². The molecule has 0 radical (unpaired) electrons. The van der Waals surface area contributed by atoms with Crippen molar-refractivity contribution in [3.05, 3.63) is 65.2 Å². The fourth-order valence-corrected chi connectivity index (χ4v) is 2.46. The van der Waals surface area contributed by atoms with E-state index in [0.29, 0.717) is 12.8 Å². The number of hydrogen-bond acceptors (Lipinski definition) is 2. The second-order valence-corrected chi connectivity index (χ2v) is 5.61. The number of halogens is 2. The van der Waals surface area contributed by atoms with Crippen molar-refractivity contribution in [3.63, 3.8) is 0 Å². The van der Waals surface area contributed by atoms with E-state index in [1.54, 1.807) is 18.2 Å². The lowest BCUT2D eigenvalue weighted by atomic mass is 9.87. The molecule has 1 atom stereocenters. The molecule has 0 saturated heterocycles. The largest absolute Gasteiger partial charge is 0.494 e. The summed E-state index contributed by atoms with van der Waals surface area (Å²) in [5.41, 5.74) is 7.30. The zero-order valence-electron chi connectivity index (χ0n) is 12.2. The molecule has 0 bridgehead atoms. The smallest absolute Gasteiger partial charge is 0.165 e. The van der Waals surface area contributed by atoms with Crippen LogP contribution >= 0.6 is 0 Å². The molecular weight excluding hydrogens is 272 g/mol. The summed E-state index contributed by atoms with van der Waals surface area (Å²) in [6, 6.07) is 11.2. The Labute approximate surface area is 123 Å². The van der Waals surface area contributed by atoms with Crippen LogP contribution in [0.5, 0.6) is 5.75 Å². The Bertz CT molecular complexity index is 626. The molecule has 0 aliphatic carbocycles. The Morgan fingerprint density at radius 1 is 1.05 bits per heavy atom. The Morgan fingerprint density at radius 3 is 2.29 bits per heavy atom. The van der Waals surface area contributed by atoms with Crippen molar-refractivity contribution in [3.8, 4) is 5.75 Å². The van der Waals surface area contributed by atoms with Crippen LogP contribution in [-0.2, 0) is 12.8 Å². The maximum Gasteiger partial charge on any atom is 0.165 e. The molecule has 2 nitrogen and oxygen atoms in total. The fourth-order valence-electron chi connectivity index (χ4n) is 2.46. The monoisotopic (exact) mass is 291 g/mol. The predicted octanol–water partition coefficient (Wildman–Crippen LogP) is 3.48. The Morgan fingerprint density at radius 2 is 1.71 bits per heavy atom. The van der Waals surface area contributed by atoms with Gasteiger partial charge in [0.2, 0.25) is 0 Å². The number of hydrogen-bond donors (Lipinski definition) is 1. The number of ether oxygens (including phenoxy) is 1. The third-order valence-corrected chi connectivity index (χ3v) is 3.32. The van der Waals surface area contributed by atoms with E-state index in [-0.39, 0.29) is 11.6 Å². The molecule has 0 heterocycles. The molecule has 0 aromatic heterocycles. The Kier molecular flexibility index (Phi) is 4.58. The topological polar surface area (TPSA) is 35.2 Å². The molecule has 0 aliphatic rings. The zero-order chi connectivity index (χ0) is 15.5. The molecule has 21 heavy (non-hydrogen) atoms. The van der Waals surface area contributed by atoms with Crippen molar-refractivity contribution in [1.29, 1.82) is 0 Å². The van der Waals surface area contributed by atoms with E-state index < -0.39 is 11.4 Å². The van der Waals surface area contributed by atoms with Crippen LogP contribution in [0.4, 0.5) is 8.78 Å². The van der Waals surface area contributed by atoms with E-state index in [2.05, 4.69) is 0 Å². The normalized spacial score (nSPS) is 13.8. The quantitative estimate of drug-likeness (QED) is 0.915. The molecule has 112 valence electrons. The molecule has 2 aromatic rings. The molecule has 0 saturated carbocycles. The van der Waals surface area contributed by atoms with Crippen LogP contribution < -0.4 is 10.5 Å². The lowest BCUT2D eigenvalue weighted by Gasteiger charge is -2.25. The van der Waals surface area contributed by atoms with Gasteiger partial charge < -0.3 is 10.5 Å². The van der Waals surface area contributed by atoms with Crippen LogP contribution in [0.2, 0.25) is 0 Å². The summed E-state index contributed by atoms with van der Waals surface area (Å²) in [6.07, 6.45) is 1.00. The molecule has 0 spiro atoms. The van der Waals surface area contributed by atoms with Crippen molar-refractivity contribution in [1.82, 2.24) is 0 Å². The number of methoxy groups -OCH3 is 1. The van der Waals surface area contributed by atoms with Gasteiger partial charge in [-0.2, -0.15) is 0 Å². The number of benzene rings is 2. The maximum absolute atomic E-state index is 13.7. The van der Waals surface area contributed by atoms with Crippen LogP contribution in [0.3, 0.4) is 0 Å². The summed E-state index contributed by atoms with van der Waals surface area (Å²) in [5.74, 6) is -0.474. The average molecular weight is 291 g/mol. The van der Waals surface area contributed by atoms with Gasteiger partial charge in [-0.25, -0.2) is 8.78 Å². The molecule has 0 aliphatic heterocycles. The Hall–Kier alpha value is -1.94. The van der Waals surface area contributed by atoms with E-state index >= 15 is 0 Å². The first kappa shape index (κ1) is 15.4. The van der Waals surface area contributed by atoms with Gasteiger partial charge in [-0.1, -0.05) is 18.2 Å². The molecule has 1 unspecified atom stereocenters. The average Bonchev–Trinajstić information content (AvgIpc) is 2.37. The van der Waals surface area contributed by atoms with Gasteiger partial charge in [0, 0.05) is 5.54 Å². The second-order valence-electron chi connectivity index (χ2n) is 5.61. The first-order chi connectivity index (χ1) is 9.89. The van der Waals surface area contributed by atoms with Crippen molar-refractivity contribution in [2.24, 2.45) is 5.73 Å². The van der Waals surface area contributed by atoms with Crippen LogP contribution in [0, 0.1) is 11.6 Å². The summed E-state index contributed by atoms with van der Waals surface area (Å²) in [4.78, 5) is 0. The second kappa shape index (κ2) is 6.22. The van der Waals surface area contributed by atoms with E-state index in [1.807, 2.05) is 13.0 Å². The molecule has 0 fully saturated rings. The van der Waals surface area contributed by atoms with E-state index in [4.69, 9.17) is 10.5 Å². The molecule has 0 amide bonds. The first-order valence-corrected chi connectivity index (χ1v) is 6.75. The minimum Gasteiger partial charge on any atom is -0.494 e. The van der Waals surface area contributed by atoms with Crippen LogP contribution in [0.25, 0.3) is 0 Å². The van der Waals surface area contributed by atoms with Crippen molar-refractivity contribution >= 4 is 0 Å². The van der Waals surface area contributed by atoms with Gasteiger partial charge in [-0.05, 0) is 55.2 Å². The number of rotatable bonds is 5. The van der Waals surface area contributed by atoms with Gasteiger partial charge in [-0.15, -0.1) is 0 Å². The Balaban J connectivity index is 2.11. The van der Waals surface area contributed by atoms with Crippen molar-refractivity contribution in [2.45, 2.75) is 25.3 Å². The van der Waals surface area contributed by atoms with Crippen molar-refractivity contribution in [2.75, 3.05) is 7.11 Å². The van der Waals surface area contributed by atoms with Gasteiger partial charge in [0.1, 0.15) is 5.82 Å². The molecule has 2 rings (SSSR count). The highest BCUT2D eigenvalue weighted by atomic mass is 19.1. The third kappa shape index (κ3) is 4.26. The van der Waals surface area contributed by atoms with Crippen molar-refractivity contribution < 1.29 is 13.5 Å². The minimum atomic E-state index is -0.588. The van der Waals surface area contributed by atoms with Gasteiger partial charge >= 0.3 is 0 Å². The molecular formula is C17H19F2NO. The highest BCUT2D eigenvalue weighted by Crippen LogP contribution is 2.22. The SMILES string of the molecule is COc1ccc(CC(C)(N)Cc2cccc(F)c2)cc1F. The number of nitrogens with two attached hydrogens (primary N) is 1. The highest BCUT2D eigenvalue weighted by Gasteiger charge is 2.20. The third-order valence-electron chi connectivity index (χ3n) is 3.32. The molecule has 2 aromatic carbocycles. The van der Waals surface area contributed by atoms with Gasteiger partial charge in [0.15, 0.2) is 11.6 Å². The van der Waals surface area contributed by atoms with Gasteiger partial charge in [-0.3, -0.25) is 0 Å². The zero-order valence-corrected chi connectivity index (χ0v) is 12.2. The van der Waals surface area contributed by atoms with E-state index in [0.717, 1.165) is 11.1 Å². The standard InChI is InChI=1S/C17H19F2NO/c1-17(20,10-12-4-3-5-14(18)8-12)11-13-6-7-16(21-2)15(19)9-13/h3-9H,10-11,20H2,1-2H3. The van der Waals surface area contributed by atoms with Gasteiger partial charge in [0.25, 0.3) is 0 Å².